The maximum atomic E-state index is 12.6. The van der Waals surface area contributed by atoms with Crippen molar-refractivity contribution < 1.29 is 9.59 Å². The first kappa shape index (κ1) is 21.7. The van der Waals surface area contributed by atoms with E-state index in [1.165, 1.54) is 11.3 Å². The van der Waals surface area contributed by atoms with Crippen LogP contribution < -0.4 is 10.6 Å². The van der Waals surface area contributed by atoms with Gasteiger partial charge in [0, 0.05) is 30.1 Å². The van der Waals surface area contributed by atoms with Gasteiger partial charge in [0.05, 0.1) is 17.1 Å². The van der Waals surface area contributed by atoms with Crippen LogP contribution in [-0.4, -0.2) is 40.8 Å². The lowest BCUT2D eigenvalue weighted by molar-refractivity contribution is -0.119. The minimum atomic E-state index is -0.0760. The Bertz CT molecular complexity index is 1040. The summed E-state index contributed by atoms with van der Waals surface area (Å²) < 4.78 is 0. The number of nitrogens with one attached hydrogen (secondary N) is 2. The van der Waals surface area contributed by atoms with Crippen LogP contribution in [0.1, 0.15) is 30.4 Å². The van der Waals surface area contributed by atoms with Crippen molar-refractivity contribution in [2.45, 2.75) is 39.2 Å². The summed E-state index contributed by atoms with van der Waals surface area (Å²) in [6.45, 7) is 4.84. The average Bonchev–Trinajstić information content (AvgIpc) is 3.23. The van der Waals surface area contributed by atoms with Gasteiger partial charge in [0.2, 0.25) is 11.8 Å². The quantitative estimate of drug-likeness (QED) is 0.481. The normalized spacial score (nSPS) is 13.4. The van der Waals surface area contributed by atoms with Crippen molar-refractivity contribution in [2.24, 2.45) is 0 Å². The second-order valence-corrected chi connectivity index (χ2v) is 9.64. The molecule has 0 bridgehead atoms. The van der Waals surface area contributed by atoms with Gasteiger partial charge in [0.25, 0.3) is 0 Å². The van der Waals surface area contributed by atoms with E-state index in [0.717, 1.165) is 40.2 Å². The molecule has 4 rings (SSSR count). The summed E-state index contributed by atoms with van der Waals surface area (Å²) in [5.41, 5.74) is 3.87. The Kier molecular flexibility index (Phi) is 6.80. The minimum Gasteiger partial charge on any atom is -0.324 e. The number of para-hydroxylation sites is 1. The van der Waals surface area contributed by atoms with E-state index in [9.17, 15) is 9.59 Å². The summed E-state index contributed by atoms with van der Waals surface area (Å²) >= 11 is 3.06. The number of thiophene rings is 1. The Balaban J connectivity index is 1.29. The molecule has 3 aromatic rings. The fraction of sp³-hybridized carbons (Fsp3) is 0.348. The van der Waals surface area contributed by atoms with Gasteiger partial charge in [-0.05, 0) is 49.3 Å². The van der Waals surface area contributed by atoms with Gasteiger partial charge in [0.15, 0.2) is 5.13 Å². The van der Waals surface area contributed by atoms with Crippen LogP contribution in [0.3, 0.4) is 0 Å². The molecule has 2 aromatic heterocycles. The van der Waals surface area contributed by atoms with Gasteiger partial charge in [-0.2, -0.15) is 0 Å². The van der Waals surface area contributed by atoms with Gasteiger partial charge < -0.3 is 10.6 Å². The topological polar surface area (TPSA) is 74.3 Å². The Morgan fingerprint density at radius 2 is 1.84 bits per heavy atom. The lowest BCUT2D eigenvalue weighted by atomic mass is 10.1. The maximum absolute atomic E-state index is 12.6. The van der Waals surface area contributed by atoms with Crippen LogP contribution in [0, 0.1) is 13.8 Å². The predicted octanol–water partition coefficient (Wildman–Crippen LogP) is 4.92. The molecule has 1 aromatic carbocycles. The number of carbonyl (C=O) groups is 2. The highest BCUT2D eigenvalue weighted by atomic mass is 32.1. The van der Waals surface area contributed by atoms with Crippen molar-refractivity contribution >= 4 is 45.3 Å². The highest BCUT2D eigenvalue weighted by Gasteiger charge is 2.30. The molecule has 8 heteroatoms. The second-order valence-electron chi connectivity index (χ2n) is 7.83. The average molecular weight is 455 g/mol. The number of aryl methyl sites for hydroxylation is 2. The first-order chi connectivity index (χ1) is 15.0. The van der Waals surface area contributed by atoms with Crippen LogP contribution in [0.5, 0.6) is 0 Å². The zero-order valence-corrected chi connectivity index (χ0v) is 19.3. The second kappa shape index (κ2) is 9.72. The standard InChI is InChI=1S/C23H26N4O2S2/c1-15-5-3-6-16(2)22(15)25-21(29)13-27(17-8-9-17)11-10-20(28)26-23-24-18(14-31-23)19-7-4-12-30-19/h3-7,12,14,17H,8-11,13H2,1-2H3,(H,25,29)(H,24,26,28). The zero-order valence-electron chi connectivity index (χ0n) is 17.7. The molecule has 0 radical (unpaired) electrons. The molecule has 0 unspecified atom stereocenters. The minimum absolute atomic E-state index is 0.0368. The summed E-state index contributed by atoms with van der Waals surface area (Å²) in [4.78, 5) is 32.8. The summed E-state index contributed by atoms with van der Waals surface area (Å²) in [6, 6.07) is 10.4. The van der Waals surface area contributed by atoms with Crippen LogP contribution in [0.15, 0.2) is 41.1 Å². The van der Waals surface area contributed by atoms with Gasteiger partial charge in [-0.3, -0.25) is 14.5 Å². The lowest BCUT2D eigenvalue weighted by Gasteiger charge is -2.21. The Hall–Kier alpha value is -2.55. The monoisotopic (exact) mass is 454 g/mol. The van der Waals surface area contributed by atoms with E-state index >= 15 is 0 Å². The zero-order chi connectivity index (χ0) is 21.8. The number of hydrogen-bond donors (Lipinski definition) is 2. The molecule has 31 heavy (non-hydrogen) atoms. The van der Waals surface area contributed by atoms with Crippen LogP contribution in [-0.2, 0) is 9.59 Å². The number of anilines is 2. The number of rotatable bonds is 9. The first-order valence-corrected chi connectivity index (χ1v) is 12.1. The highest BCUT2D eigenvalue weighted by molar-refractivity contribution is 7.16. The van der Waals surface area contributed by atoms with Crippen molar-refractivity contribution in [3.8, 4) is 10.6 Å². The number of aromatic nitrogens is 1. The number of amides is 2. The van der Waals surface area contributed by atoms with E-state index in [4.69, 9.17) is 0 Å². The molecular formula is C23H26N4O2S2. The van der Waals surface area contributed by atoms with Gasteiger partial charge in [-0.1, -0.05) is 24.3 Å². The lowest BCUT2D eigenvalue weighted by Crippen LogP contribution is -2.37. The third kappa shape index (κ3) is 5.78. The predicted molar refractivity (Wildman–Crippen MR) is 128 cm³/mol. The molecule has 0 atom stereocenters. The molecular weight excluding hydrogens is 428 g/mol. The fourth-order valence-corrected chi connectivity index (χ4v) is 4.99. The summed E-state index contributed by atoms with van der Waals surface area (Å²) in [7, 11) is 0. The van der Waals surface area contributed by atoms with Gasteiger partial charge in [-0.15, -0.1) is 22.7 Å². The largest absolute Gasteiger partial charge is 0.324 e. The molecule has 1 saturated carbocycles. The van der Waals surface area contributed by atoms with E-state index in [1.807, 2.05) is 54.9 Å². The van der Waals surface area contributed by atoms with E-state index < -0.39 is 0 Å². The third-order valence-corrected chi connectivity index (χ3v) is 6.96. The van der Waals surface area contributed by atoms with E-state index in [1.54, 1.807) is 11.3 Å². The number of benzene rings is 1. The molecule has 1 aliphatic rings. The molecule has 0 spiro atoms. The van der Waals surface area contributed by atoms with Crippen LogP contribution >= 0.6 is 22.7 Å². The van der Waals surface area contributed by atoms with Crippen molar-refractivity contribution in [3.63, 3.8) is 0 Å². The van der Waals surface area contributed by atoms with Crippen LogP contribution in [0.25, 0.3) is 10.6 Å². The Labute approximate surface area is 190 Å². The van der Waals surface area contributed by atoms with Crippen molar-refractivity contribution in [3.05, 3.63) is 52.2 Å². The number of hydrogen-bond acceptors (Lipinski definition) is 6. The van der Waals surface area contributed by atoms with Crippen LogP contribution in [0.4, 0.5) is 10.8 Å². The number of nitrogens with zero attached hydrogens (tertiary/aromatic N) is 2. The van der Waals surface area contributed by atoms with Crippen molar-refractivity contribution in [2.75, 3.05) is 23.7 Å². The molecule has 2 amide bonds. The smallest absolute Gasteiger partial charge is 0.238 e. The fourth-order valence-electron chi connectivity index (χ4n) is 3.50. The van der Waals surface area contributed by atoms with E-state index in [2.05, 4.69) is 20.5 Å². The van der Waals surface area contributed by atoms with Crippen molar-refractivity contribution in [1.29, 1.82) is 0 Å². The summed E-state index contributed by atoms with van der Waals surface area (Å²) in [5.74, 6) is -0.113. The molecule has 2 N–H and O–H groups in total. The van der Waals surface area contributed by atoms with Crippen molar-refractivity contribution in [1.82, 2.24) is 9.88 Å². The maximum Gasteiger partial charge on any atom is 0.238 e. The van der Waals surface area contributed by atoms with Gasteiger partial charge in [-0.25, -0.2) is 4.98 Å². The highest BCUT2D eigenvalue weighted by Crippen LogP contribution is 2.29. The molecule has 0 aliphatic heterocycles. The third-order valence-electron chi connectivity index (χ3n) is 5.31. The molecule has 6 nitrogen and oxygen atoms in total. The van der Waals surface area contributed by atoms with Gasteiger partial charge >= 0.3 is 0 Å². The van der Waals surface area contributed by atoms with Gasteiger partial charge in [0.1, 0.15) is 0 Å². The first-order valence-electron chi connectivity index (χ1n) is 10.4. The molecule has 162 valence electrons. The SMILES string of the molecule is Cc1cccc(C)c1NC(=O)CN(CCC(=O)Nc1nc(-c2cccs2)cs1)C1CC1. The summed E-state index contributed by atoms with van der Waals surface area (Å²) in [5, 5.41) is 10.5. The Morgan fingerprint density at radius 1 is 1.06 bits per heavy atom. The Morgan fingerprint density at radius 3 is 2.52 bits per heavy atom. The van der Waals surface area contributed by atoms with Crippen LogP contribution in [0.2, 0.25) is 0 Å². The molecule has 0 saturated heterocycles. The van der Waals surface area contributed by atoms with E-state index in [-0.39, 0.29) is 11.8 Å². The van der Waals surface area contributed by atoms with E-state index in [0.29, 0.717) is 30.7 Å². The number of thiazole rings is 1. The molecule has 1 fully saturated rings. The number of carbonyl (C=O) groups excluding carboxylic acids is 2. The molecule has 1 aliphatic carbocycles. The molecule has 2 heterocycles. The summed E-state index contributed by atoms with van der Waals surface area (Å²) in [6.07, 6.45) is 2.49.